The van der Waals surface area contributed by atoms with Crippen molar-refractivity contribution in [3.8, 4) is 0 Å². The lowest BCUT2D eigenvalue weighted by Crippen LogP contribution is -2.26. The van der Waals surface area contributed by atoms with Crippen LogP contribution in [0.4, 0.5) is 5.69 Å². The van der Waals surface area contributed by atoms with E-state index in [9.17, 15) is 9.59 Å². The number of nitrogens with two attached hydrogens (primary N) is 1. The maximum Gasteiger partial charge on any atom is 0.310 e. The zero-order chi connectivity index (χ0) is 14.8. The quantitative estimate of drug-likeness (QED) is 0.819. The van der Waals surface area contributed by atoms with Gasteiger partial charge < -0.3 is 15.5 Å². The highest BCUT2D eigenvalue weighted by Crippen LogP contribution is 2.17. The molecule has 1 rings (SSSR count). The van der Waals surface area contributed by atoms with Gasteiger partial charge in [0.05, 0.1) is 6.42 Å². The molecular formula is C14H22N2O3. The lowest BCUT2D eigenvalue weighted by molar-refractivity contribution is -0.153. The number of H-pyrrole nitrogens is 1. The van der Waals surface area contributed by atoms with E-state index in [1.807, 2.05) is 13.8 Å². The smallest absolute Gasteiger partial charge is 0.310 e. The summed E-state index contributed by atoms with van der Waals surface area (Å²) in [6.07, 6.45) is 0.00669. The van der Waals surface area contributed by atoms with E-state index >= 15 is 0 Å². The molecule has 0 unspecified atom stereocenters. The predicted octanol–water partition coefficient (Wildman–Crippen LogP) is 1.96. The number of carbonyl (C=O) groups excluding carboxylic acids is 1. The number of nitrogen functional groups attached to an aromatic ring is 1. The monoisotopic (exact) mass is 266 g/mol. The first-order valence-electron chi connectivity index (χ1n) is 6.33. The van der Waals surface area contributed by atoms with Crippen molar-refractivity contribution < 1.29 is 9.53 Å². The number of aromatic nitrogens is 1. The zero-order valence-corrected chi connectivity index (χ0v) is 12.2. The van der Waals surface area contributed by atoms with Gasteiger partial charge in [-0.2, -0.15) is 0 Å². The third kappa shape index (κ3) is 4.43. The minimum absolute atomic E-state index is 0.00669. The molecule has 1 aromatic rings. The third-order valence-electron chi connectivity index (χ3n) is 2.55. The number of nitrogens with one attached hydrogen (secondary N) is 1. The van der Waals surface area contributed by atoms with Crippen molar-refractivity contribution in [1.82, 2.24) is 4.98 Å². The average molecular weight is 266 g/mol. The Morgan fingerprint density at radius 2 is 2.00 bits per heavy atom. The molecule has 0 amide bonds. The second-order valence-corrected chi connectivity index (χ2v) is 5.91. The fraction of sp³-hybridized carbons (Fsp3) is 0.571. The first-order valence-corrected chi connectivity index (χ1v) is 6.33. The third-order valence-corrected chi connectivity index (χ3v) is 2.55. The van der Waals surface area contributed by atoms with Crippen LogP contribution in [0.3, 0.4) is 0 Å². The summed E-state index contributed by atoms with van der Waals surface area (Å²) < 4.78 is 5.23. The van der Waals surface area contributed by atoms with Gasteiger partial charge in [-0.1, -0.05) is 13.8 Å². The Morgan fingerprint density at radius 3 is 2.47 bits per heavy atom. The second kappa shape index (κ2) is 5.47. The van der Waals surface area contributed by atoms with Crippen LogP contribution in [0.15, 0.2) is 10.9 Å². The molecule has 0 aromatic carbocycles. The van der Waals surface area contributed by atoms with Gasteiger partial charge in [0.1, 0.15) is 11.3 Å². The van der Waals surface area contributed by atoms with Gasteiger partial charge in [0.15, 0.2) is 0 Å². The summed E-state index contributed by atoms with van der Waals surface area (Å²) in [4.78, 5) is 26.2. The van der Waals surface area contributed by atoms with Crippen molar-refractivity contribution >= 4 is 11.7 Å². The number of esters is 1. The van der Waals surface area contributed by atoms with Crippen LogP contribution < -0.4 is 11.3 Å². The summed E-state index contributed by atoms with van der Waals surface area (Å²) in [5, 5.41) is 0. The van der Waals surface area contributed by atoms with Crippen molar-refractivity contribution in [3.63, 3.8) is 0 Å². The predicted molar refractivity (Wildman–Crippen MR) is 75.1 cm³/mol. The Hall–Kier alpha value is -1.78. The number of carbonyl (C=O) groups is 1. The molecule has 0 spiro atoms. The van der Waals surface area contributed by atoms with Crippen LogP contribution in [0.25, 0.3) is 0 Å². The molecule has 0 saturated carbocycles. The molecule has 0 aliphatic heterocycles. The van der Waals surface area contributed by atoms with E-state index in [4.69, 9.17) is 10.5 Å². The number of pyridine rings is 1. The Morgan fingerprint density at radius 1 is 1.42 bits per heavy atom. The molecule has 0 radical (unpaired) electrons. The van der Waals surface area contributed by atoms with Crippen LogP contribution in [0.1, 0.15) is 51.8 Å². The topological polar surface area (TPSA) is 85.2 Å². The Labute approximate surface area is 113 Å². The maximum atomic E-state index is 11.8. The molecule has 0 aliphatic rings. The lowest BCUT2D eigenvalue weighted by Gasteiger charge is -2.20. The molecule has 0 atom stereocenters. The van der Waals surface area contributed by atoms with Crippen LogP contribution >= 0.6 is 0 Å². The van der Waals surface area contributed by atoms with E-state index in [0.29, 0.717) is 5.56 Å². The first kappa shape index (κ1) is 15.3. The first-order chi connectivity index (χ1) is 8.60. The molecule has 0 bridgehead atoms. The molecule has 1 heterocycles. The van der Waals surface area contributed by atoms with Gasteiger partial charge in [-0.15, -0.1) is 0 Å². The van der Waals surface area contributed by atoms with E-state index in [1.165, 1.54) is 0 Å². The van der Waals surface area contributed by atoms with E-state index in [2.05, 4.69) is 4.98 Å². The fourth-order valence-corrected chi connectivity index (χ4v) is 1.64. The standard InChI is InChI=1S/C14H22N2O3/c1-8(2)10-6-9(12(15)13(18)16-10)7-11(17)19-14(3,4)5/h6,8H,7,15H2,1-5H3,(H,16,18). The molecule has 0 fully saturated rings. The van der Waals surface area contributed by atoms with E-state index in [0.717, 1.165) is 5.69 Å². The molecule has 19 heavy (non-hydrogen) atoms. The molecule has 3 N–H and O–H groups in total. The van der Waals surface area contributed by atoms with Gasteiger partial charge in [0.2, 0.25) is 0 Å². The van der Waals surface area contributed by atoms with Crippen LogP contribution in [0.5, 0.6) is 0 Å². The highest BCUT2D eigenvalue weighted by atomic mass is 16.6. The van der Waals surface area contributed by atoms with Crippen molar-refractivity contribution in [2.45, 2.75) is 52.6 Å². The van der Waals surface area contributed by atoms with Crippen molar-refractivity contribution in [1.29, 1.82) is 0 Å². The largest absolute Gasteiger partial charge is 0.460 e. The highest BCUT2D eigenvalue weighted by molar-refractivity contribution is 5.75. The molecule has 5 nitrogen and oxygen atoms in total. The van der Waals surface area contributed by atoms with E-state index in [1.54, 1.807) is 26.8 Å². The minimum Gasteiger partial charge on any atom is -0.460 e. The molecule has 0 aliphatic carbocycles. The zero-order valence-electron chi connectivity index (χ0n) is 12.2. The Balaban J connectivity index is 3.01. The number of anilines is 1. The van der Waals surface area contributed by atoms with Gasteiger partial charge in [0.25, 0.3) is 5.56 Å². The number of rotatable bonds is 3. The average Bonchev–Trinajstić information content (AvgIpc) is 2.21. The molecular weight excluding hydrogens is 244 g/mol. The summed E-state index contributed by atoms with van der Waals surface area (Å²) in [6.45, 7) is 9.31. The lowest BCUT2D eigenvalue weighted by atomic mass is 10.0. The Bertz CT molecular complexity index is 524. The van der Waals surface area contributed by atoms with Crippen LogP contribution in [-0.2, 0) is 16.0 Å². The number of hydrogen-bond acceptors (Lipinski definition) is 4. The van der Waals surface area contributed by atoms with Crippen LogP contribution in [0.2, 0.25) is 0 Å². The fourth-order valence-electron chi connectivity index (χ4n) is 1.64. The van der Waals surface area contributed by atoms with Crippen molar-refractivity contribution in [2.24, 2.45) is 0 Å². The summed E-state index contributed by atoms with van der Waals surface area (Å²) in [7, 11) is 0. The van der Waals surface area contributed by atoms with Gasteiger partial charge in [-0.3, -0.25) is 9.59 Å². The normalized spacial score (nSPS) is 11.7. The SMILES string of the molecule is CC(C)c1cc(CC(=O)OC(C)(C)C)c(N)c(=O)[nH]1. The maximum absolute atomic E-state index is 11.8. The summed E-state index contributed by atoms with van der Waals surface area (Å²) >= 11 is 0. The van der Waals surface area contributed by atoms with Crippen molar-refractivity contribution in [2.75, 3.05) is 5.73 Å². The van der Waals surface area contributed by atoms with E-state index in [-0.39, 0.29) is 29.6 Å². The summed E-state index contributed by atoms with van der Waals surface area (Å²) in [5.41, 5.74) is 6.16. The summed E-state index contributed by atoms with van der Waals surface area (Å²) in [6, 6.07) is 1.76. The number of aromatic amines is 1. The van der Waals surface area contributed by atoms with Crippen LogP contribution in [0, 0.1) is 0 Å². The van der Waals surface area contributed by atoms with Gasteiger partial charge >= 0.3 is 5.97 Å². The molecule has 106 valence electrons. The summed E-state index contributed by atoms with van der Waals surface area (Å²) in [5.74, 6) is -0.231. The number of hydrogen-bond donors (Lipinski definition) is 2. The van der Waals surface area contributed by atoms with Crippen molar-refractivity contribution in [3.05, 3.63) is 27.7 Å². The minimum atomic E-state index is -0.548. The number of ether oxygens (including phenoxy) is 1. The van der Waals surface area contributed by atoms with Gasteiger partial charge in [0, 0.05) is 5.69 Å². The van der Waals surface area contributed by atoms with E-state index < -0.39 is 5.60 Å². The molecule has 0 saturated heterocycles. The molecule has 1 aromatic heterocycles. The van der Waals surface area contributed by atoms with Gasteiger partial charge in [-0.05, 0) is 38.3 Å². The molecule has 5 heteroatoms. The second-order valence-electron chi connectivity index (χ2n) is 5.91. The van der Waals surface area contributed by atoms with Crippen LogP contribution in [-0.4, -0.2) is 16.6 Å². The Kier molecular flexibility index (Phi) is 4.39. The van der Waals surface area contributed by atoms with Gasteiger partial charge in [-0.25, -0.2) is 0 Å². The highest BCUT2D eigenvalue weighted by Gasteiger charge is 2.18.